The van der Waals surface area contributed by atoms with Crippen LogP contribution >= 0.6 is 0 Å². The minimum absolute atomic E-state index is 0.0671. The summed E-state index contributed by atoms with van der Waals surface area (Å²) in [5.41, 5.74) is 6.39. The van der Waals surface area contributed by atoms with Crippen molar-refractivity contribution in [1.82, 2.24) is 9.55 Å². The lowest BCUT2D eigenvalue weighted by molar-refractivity contribution is 0.0998. The highest BCUT2D eigenvalue weighted by molar-refractivity contribution is 7.92. The highest BCUT2D eigenvalue weighted by Gasteiger charge is 2.44. The third kappa shape index (κ3) is 2.97. The van der Waals surface area contributed by atoms with Crippen molar-refractivity contribution in [2.75, 3.05) is 5.75 Å². The number of pyridine rings is 1. The van der Waals surface area contributed by atoms with Crippen molar-refractivity contribution < 1.29 is 18.3 Å². The molecule has 0 aliphatic heterocycles. The van der Waals surface area contributed by atoms with Gasteiger partial charge in [0.25, 0.3) is 0 Å². The molecule has 8 heteroatoms. The molecule has 1 aromatic carbocycles. The van der Waals surface area contributed by atoms with E-state index in [9.17, 15) is 18.3 Å². The van der Waals surface area contributed by atoms with Crippen molar-refractivity contribution in [3.05, 3.63) is 66.1 Å². The number of aromatic nitrogens is 2. The number of nitrogens with zero attached hydrogens (tertiary/aromatic N) is 2. The summed E-state index contributed by atoms with van der Waals surface area (Å²) in [4.78, 5) is 13.2. The molecule has 3 aromatic rings. The first-order valence-electron chi connectivity index (χ1n) is 8.03. The Morgan fingerprint density at radius 1 is 1.27 bits per heavy atom. The van der Waals surface area contributed by atoms with Gasteiger partial charge in [0.2, 0.25) is 10.8 Å². The molecule has 136 valence electrons. The number of aliphatic hydroxyl groups is 1. The van der Waals surface area contributed by atoms with Crippen LogP contribution in [-0.4, -0.2) is 34.7 Å². The van der Waals surface area contributed by atoms with Crippen molar-refractivity contribution in [3.8, 4) is 0 Å². The van der Waals surface area contributed by atoms with Crippen LogP contribution < -0.4 is 5.73 Å². The fourth-order valence-corrected chi connectivity index (χ4v) is 4.15. The molecule has 1 unspecified atom stereocenters. The Labute approximate surface area is 151 Å². The van der Waals surface area contributed by atoms with Gasteiger partial charge in [-0.1, -0.05) is 13.0 Å². The van der Waals surface area contributed by atoms with Gasteiger partial charge in [-0.15, -0.1) is 0 Å². The van der Waals surface area contributed by atoms with Gasteiger partial charge in [-0.05, 0) is 36.4 Å². The molecule has 0 fully saturated rings. The smallest absolute Gasteiger partial charge is 0.248 e. The van der Waals surface area contributed by atoms with E-state index in [-0.39, 0.29) is 18.0 Å². The molecule has 1 amide bonds. The van der Waals surface area contributed by atoms with E-state index in [2.05, 4.69) is 4.98 Å². The quantitative estimate of drug-likeness (QED) is 0.678. The highest BCUT2D eigenvalue weighted by atomic mass is 32.2. The Balaban J connectivity index is 2.11. The maximum Gasteiger partial charge on any atom is 0.248 e. The van der Waals surface area contributed by atoms with Crippen molar-refractivity contribution in [2.24, 2.45) is 5.73 Å². The van der Waals surface area contributed by atoms with E-state index in [0.29, 0.717) is 11.1 Å². The van der Waals surface area contributed by atoms with Crippen LogP contribution in [0.3, 0.4) is 0 Å². The Hall–Kier alpha value is -2.71. The highest BCUT2D eigenvalue weighted by Crippen LogP contribution is 2.31. The summed E-state index contributed by atoms with van der Waals surface area (Å²) in [7, 11) is -3.88. The van der Waals surface area contributed by atoms with E-state index < -0.39 is 20.7 Å². The molecule has 2 heterocycles. The Bertz CT molecular complexity index is 1060. The first-order valence-corrected chi connectivity index (χ1v) is 9.68. The summed E-state index contributed by atoms with van der Waals surface area (Å²) in [5.74, 6) is -0.774. The molecule has 7 nitrogen and oxygen atoms in total. The van der Waals surface area contributed by atoms with Gasteiger partial charge in [0.05, 0.1) is 18.0 Å². The first-order chi connectivity index (χ1) is 12.3. The van der Waals surface area contributed by atoms with E-state index in [4.69, 9.17) is 5.73 Å². The number of carbonyl (C=O) groups is 1. The minimum Gasteiger partial charge on any atom is -0.368 e. The SMILES string of the molecule is CCS(=O)(=O)C(O)(Cn1ccc2cc(C(N)=O)ccc21)c1ccccn1. The molecule has 1 atom stereocenters. The van der Waals surface area contributed by atoms with Crippen molar-refractivity contribution in [2.45, 2.75) is 18.4 Å². The van der Waals surface area contributed by atoms with Crippen molar-refractivity contribution >= 4 is 26.6 Å². The third-order valence-corrected chi connectivity index (χ3v) is 6.53. The molecule has 0 spiro atoms. The predicted molar refractivity (Wildman–Crippen MR) is 98.1 cm³/mol. The lowest BCUT2D eigenvalue weighted by atomic mass is 10.1. The molecule has 3 N–H and O–H groups in total. The van der Waals surface area contributed by atoms with Crippen molar-refractivity contribution in [3.63, 3.8) is 0 Å². The van der Waals surface area contributed by atoms with Gasteiger partial charge in [0.15, 0.2) is 9.84 Å². The molecule has 3 rings (SSSR count). The number of sulfone groups is 1. The van der Waals surface area contributed by atoms with Gasteiger partial charge in [0, 0.05) is 28.9 Å². The van der Waals surface area contributed by atoms with Crippen LogP contribution in [0.5, 0.6) is 0 Å². The number of amides is 1. The number of hydrogen-bond acceptors (Lipinski definition) is 5. The van der Waals surface area contributed by atoms with Gasteiger partial charge in [-0.2, -0.15) is 0 Å². The normalized spacial score (nSPS) is 14.2. The van der Waals surface area contributed by atoms with E-state index in [1.54, 1.807) is 47.2 Å². The van der Waals surface area contributed by atoms with E-state index >= 15 is 0 Å². The molecule has 0 saturated heterocycles. The second-order valence-corrected chi connectivity index (χ2v) is 8.47. The lowest BCUT2D eigenvalue weighted by Crippen LogP contribution is -2.41. The summed E-state index contributed by atoms with van der Waals surface area (Å²) in [5, 5.41) is 11.9. The van der Waals surface area contributed by atoms with Crippen LogP contribution in [0.25, 0.3) is 10.9 Å². The number of benzene rings is 1. The standard InChI is InChI=1S/C18H19N3O4S/c1-2-26(24,25)18(23,16-5-3-4-9-20-16)12-21-10-8-13-11-14(17(19)22)6-7-15(13)21/h3-11,23H,2,12H2,1H3,(H2,19,22). The van der Waals surface area contributed by atoms with Crippen LogP contribution in [-0.2, 0) is 21.3 Å². The summed E-state index contributed by atoms with van der Waals surface area (Å²) in [6.07, 6.45) is 3.10. The Morgan fingerprint density at radius 2 is 2.04 bits per heavy atom. The summed E-state index contributed by atoms with van der Waals surface area (Å²) >= 11 is 0. The summed E-state index contributed by atoms with van der Waals surface area (Å²) in [6.45, 7) is 1.26. The largest absolute Gasteiger partial charge is 0.368 e. The zero-order valence-corrected chi connectivity index (χ0v) is 15.0. The number of nitrogens with two attached hydrogens (primary N) is 1. The average molecular weight is 373 g/mol. The molecule has 0 bridgehead atoms. The molecule has 26 heavy (non-hydrogen) atoms. The summed E-state index contributed by atoms with van der Waals surface area (Å²) in [6, 6.07) is 11.4. The van der Waals surface area contributed by atoms with E-state index in [1.807, 2.05) is 0 Å². The van der Waals surface area contributed by atoms with Gasteiger partial charge in [-0.25, -0.2) is 8.42 Å². The van der Waals surface area contributed by atoms with Crippen LogP contribution in [0.1, 0.15) is 23.0 Å². The van der Waals surface area contributed by atoms with Crippen LogP contribution in [0.2, 0.25) is 0 Å². The van der Waals surface area contributed by atoms with Crippen molar-refractivity contribution in [1.29, 1.82) is 0 Å². The number of hydrogen-bond donors (Lipinski definition) is 2. The molecule has 2 aromatic heterocycles. The fraction of sp³-hybridized carbons (Fsp3) is 0.222. The van der Waals surface area contributed by atoms with Crippen LogP contribution in [0.4, 0.5) is 0 Å². The van der Waals surface area contributed by atoms with Gasteiger partial charge < -0.3 is 15.4 Å². The summed E-state index contributed by atoms with van der Waals surface area (Å²) < 4.78 is 27.0. The molecule has 0 aliphatic rings. The maximum atomic E-state index is 12.7. The number of carbonyl (C=O) groups excluding carboxylic acids is 1. The molecule has 0 saturated carbocycles. The number of primary amides is 1. The second kappa shape index (κ2) is 6.54. The molecule has 0 aliphatic carbocycles. The molecular weight excluding hydrogens is 354 g/mol. The lowest BCUT2D eigenvalue weighted by Gasteiger charge is -2.27. The minimum atomic E-state index is -3.88. The number of rotatable bonds is 6. The number of fused-ring (bicyclic) bond motifs is 1. The van der Waals surface area contributed by atoms with Crippen LogP contribution in [0, 0.1) is 0 Å². The average Bonchev–Trinajstić information content (AvgIpc) is 3.04. The van der Waals surface area contributed by atoms with E-state index in [0.717, 1.165) is 5.39 Å². The molecule has 0 radical (unpaired) electrons. The van der Waals surface area contributed by atoms with Crippen LogP contribution in [0.15, 0.2) is 54.9 Å². The zero-order chi connectivity index (χ0) is 18.9. The second-order valence-electron chi connectivity index (χ2n) is 5.98. The van der Waals surface area contributed by atoms with E-state index in [1.165, 1.54) is 19.2 Å². The maximum absolute atomic E-state index is 12.7. The Kier molecular flexibility index (Phi) is 4.55. The van der Waals surface area contributed by atoms with Gasteiger partial charge in [-0.3, -0.25) is 9.78 Å². The molecular formula is C18H19N3O4S. The predicted octanol–water partition coefficient (Wildman–Crippen LogP) is 1.42. The topological polar surface area (TPSA) is 115 Å². The van der Waals surface area contributed by atoms with Gasteiger partial charge in [0.1, 0.15) is 0 Å². The zero-order valence-electron chi connectivity index (χ0n) is 14.2. The third-order valence-electron chi connectivity index (χ3n) is 4.40. The van der Waals surface area contributed by atoms with Gasteiger partial charge >= 0.3 is 0 Å². The Morgan fingerprint density at radius 3 is 2.65 bits per heavy atom. The first kappa shape index (κ1) is 18.1. The monoisotopic (exact) mass is 373 g/mol. The fourth-order valence-electron chi connectivity index (χ4n) is 2.89.